The van der Waals surface area contributed by atoms with Crippen molar-refractivity contribution < 1.29 is 0 Å². The summed E-state index contributed by atoms with van der Waals surface area (Å²) in [5.74, 6) is 0.183. The lowest BCUT2D eigenvalue weighted by atomic mass is 10.7. The van der Waals surface area contributed by atoms with Crippen molar-refractivity contribution in [3.63, 3.8) is 0 Å². The highest BCUT2D eigenvalue weighted by Gasteiger charge is 2.14. The Morgan fingerprint density at radius 3 is 3.00 bits per heavy atom. The van der Waals surface area contributed by atoms with E-state index in [1.165, 1.54) is 6.33 Å². The van der Waals surface area contributed by atoms with Gasteiger partial charge < -0.3 is 4.85 Å². The Labute approximate surface area is 50.8 Å². The summed E-state index contributed by atoms with van der Waals surface area (Å²) < 4.78 is 0. The van der Waals surface area contributed by atoms with Gasteiger partial charge in [-0.1, -0.05) is 11.6 Å². The third-order valence-corrected chi connectivity index (χ3v) is 0.806. The number of nitrogens with one attached hydrogen (secondary N) is 1. The zero-order valence-electron chi connectivity index (χ0n) is 4.37. The van der Waals surface area contributed by atoms with Crippen LogP contribution in [0.5, 0.6) is 0 Å². The Morgan fingerprint density at radius 2 is 2.56 bits per heavy atom. The third kappa shape index (κ3) is 0.707. The predicted octanol–water partition coefficient (Wildman–Crippen LogP) is 1.45. The van der Waals surface area contributed by atoms with Crippen molar-refractivity contribution in [2.45, 2.75) is 0 Å². The molecule has 5 heteroatoms. The molecule has 1 aromatic rings. The van der Waals surface area contributed by atoms with Crippen LogP contribution in [0.4, 0.5) is 11.6 Å². The number of rotatable bonds is 0. The SMILES string of the molecule is [C-]#[N+]c1nc[nH]c1[N+]#N. The minimum absolute atomic E-state index is 0.0810. The van der Waals surface area contributed by atoms with Gasteiger partial charge >= 0.3 is 11.6 Å². The van der Waals surface area contributed by atoms with Gasteiger partial charge in [0.05, 0.1) is 5.39 Å². The lowest BCUT2D eigenvalue weighted by Gasteiger charge is -1.65. The maximum absolute atomic E-state index is 8.15. The summed E-state index contributed by atoms with van der Waals surface area (Å²) in [6.45, 7) is 6.48. The lowest BCUT2D eigenvalue weighted by molar-refractivity contribution is 1.31. The van der Waals surface area contributed by atoms with Crippen LogP contribution >= 0.6 is 0 Å². The smallest absolute Gasteiger partial charge is 0.353 e. The fourth-order valence-corrected chi connectivity index (χ4v) is 0.436. The molecule has 1 aromatic heterocycles. The van der Waals surface area contributed by atoms with E-state index in [4.69, 9.17) is 12.0 Å². The van der Waals surface area contributed by atoms with Gasteiger partial charge in [0.2, 0.25) is 0 Å². The number of diazo groups is 1. The van der Waals surface area contributed by atoms with Crippen molar-refractivity contribution in [3.05, 3.63) is 22.7 Å². The van der Waals surface area contributed by atoms with Crippen molar-refractivity contribution in [1.29, 1.82) is 5.39 Å². The van der Waals surface area contributed by atoms with Gasteiger partial charge in [-0.2, -0.15) is 0 Å². The molecule has 0 atom stereocenters. The van der Waals surface area contributed by atoms with E-state index < -0.39 is 0 Å². The number of aromatic nitrogens is 2. The summed E-state index contributed by atoms with van der Waals surface area (Å²) >= 11 is 0. The minimum Gasteiger partial charge on any atom is -0.353 e. The molecule has 9 heavy (non-hydrogen) atoms. The van der Waals surface area contributed by atoms with Crippen LogP contribution in [0.15, 0.2) is 6.33 Å². The van der Waals surface area contributed by atoms with Crippen molar-refractivity contribution in [1.82, 2.24) is 9.97 Å². The molecule has 0 aromatic carbocycles. The molecular formula is C4H2N5+. The number of hydrogen-bond donors (Lipinski definition) is 1. The summed E-state index contributed by atoms with van der Waals surface area (Å²) in [6, 6.07) is 0. The maximum atomic E-state index is 8.15. The second kappa shape index (κ2) is 1.93. The van der Waals surface area contributed by atoms with Crippen molar-refractivity contribution in [3.8, 4) is 0 Å². The Balaban J connectivity index is 3.22. The topological polar surface area (TPSA) is 61.2 Å². The molecule has 1 rings (SSSR count). The van der Waals surface area contributed by atoms with E-state index in [-0.39, 0.29) is 11.6 Å². The minimum atomic E-state index is 0.0810. The number of imidazole rings is 1. The van der Waals surface area contributed by atoms with Gasteiger partial charge in [-0.05, 0) is 0 Å². The summed E-state index contributed by atoms with van der Waals surface area (Å²) in [5, 5.41) is 8.15. The first kappa shape index (κ1) is 5.26. The molecule has 0 radical (unpaired) electrons. The molecule has 1 heterocycles. The maximum Gasteiger partial charge on any atom is 0.454 e. The first-order valence-electron chi connectivity index (χ1n) is 2.14. The van der Waals surface area contributed by atoms with E-state index in [1.807, 2.05) is 0 Å². The zero-order chi connectivity index (χ0) is 6.69. The van der Waals surface area contributed by atoms with E-state index in [0.717, 1.165) is 0 Å². The quantitative estimate of drug-likeness (QED) is 0.416. The van der Waals surface area contributed by atoms with Crippen LogP contribution in [0.1, 0.15) is 0 Å². The van der Waals surface area contributed by atoms with Crippen molar-refractivity contribution in [2.75, 3.05) is 0 Å². The van der Waals surface area contributed by atoms with Crippen LogP contribution in [-0.2, 0) is 0 Å². The van der Waals surface area contributed by atoms with E-state index in [2.05, 4.69) is 19.8 Å². The lowest BCUT2D eigenvalue weighted by Crippen LogP contribution is -1.53. The van der Waals surface area contributed by atoms with Gasteiger partial charge in [-0.25, -0.2) is 4.98 Å². The van der Waals surface area contributed by atoms with Gasteiger partial charge in [0.1, 0.15) is 0 Å². The van der Waals surface area contributed by atoms with E-state index >= 15 is 0 Å². The molecule has 0 aliphatic carbocycles. The molecule has 0 spiro atoms. The van der Waals surface area contributed by atoms with Gasteiger partial charge in [0.15, 0.2) is 0 Å². The fraction of sp³-hybridized carbons (Fsp3) is 0. The monoisotopic (exact) mass is 120 g/mol. The average Bonchev–Trinajstić information content (AvgIpc) is 2.33. The third-order valence-electron chi connectivity index (χ3n) is 0.806. The molecule has 0 saturated carbocycles. The highest BCUT2D eigenvalue weighted by atomic mass is 15.1. The molecule has 0 saturated heterocycles. The Hall–Kier alpha value is -1.88. The van der Waals surface area contributed by atoms with E-state index in [9.17, 15) is 0 Å². The van der Waals surface area contributed by atoms with Crippen molar-refractivity contribution >= 4 is 11.6 Å². The predicted molar refractivity (Wildman–Crippen MR) is 29.6 cm³/mol. The fourth-order valence-electron chi connectivity index (χ4n) is 0.436. The molecule has 42 valence electrons. The highest BCUT2D eigenvalue weighted by molar-refractivity contribution is 5.60. The molecule has 5 nitrogen and oxygen atoms in total. The molecule has 0 aliphatic rings. The number of hydrogen-bond acceptors (Lipinski definition) is 2. The largest absolute Gasteiger partial charge is 0.454 e. The van der Waals surface area contributed by atoms with Gasteiger partial charge in [0.25, 0.3) is 6.33 Å². The summed E-state index contributed by atoms with van der Waals surface area (Å²) in [5.41, 5.74) is 0. The molecule has 0 fully saturated rings. The molecule has 0 bridgehead atoms. The summed E-state index contributed by atoms with van der Waals surface area (Å²) in [6.07, 6.45) is 1.29. The van der Waals surface area contributed by atoms with Crippen LogP contribution in [0.2, 0.25) is 0 Å². The van der Waals surface area contributed by atoms with Crippen LogP contribution in [-0.4, -0.2) is 9.97 Å². The number of aromatic amines is 1. The Bertz CT molecular complexity index is 256. The molecule has 1 N–H and O–H groups in total. The first-order valence-corrected chi connectivity index (χ1v) is 2.14. The highest BCUT2D eigenvalue weighted by Crippen LogP contribution is 2.21. The second-order valence-corrected chi connectivity index (χ2v) is 1.29. The molecular weight excluding hydrogens is 118 g/mol. The Morgan fingerprint density at radius 1 is 1.78 bits per heavy atom. The van der Waals surface area contributed by atoms with E-state index in [0.29, 0.717) is 0 Å². The van der Waals surface area contributed by atoms with Crippen LogP contribution in [0.25, 0.3) is 9.82 Å². The van der Waals surface area contributed by atoms with Gasteiger partial charge in [-0.3, -0.25) is 0 Å². The molecule has 0 amide bonds. The van der Waals surface area contributed by atoms with Gasteiger partial charge in [-0.15, -0.1) is 0 Å². The van der Waals surface area contributed by atoms with Crippen LogP contribution < -0.4 is 0 Å². The standard InChI is InChI=1S/C4H2N5/c1-6-3-4(9-5)8-2-7-3/h2H,(H,7,8)/q+1. The van der Waals surface area contributed by atoms with Crippen LogP contribution in [0.3, 0.4) is 0 Å². The Kier molecular flexibility index (Phi) is 1.13. The summed E-state index contributed by atoms with van der Waals surface area (Å²) in [7, 11) is 0. The van der Waals surface area contributed by atoms with Crippen molar-refractivity contribution in [2.24, 2.45) is 0 Å². The summed E-state index contributed by atoms with van der Waals surface area (Å²) in [4.78, 5) is 11.7. The first-order chi connectivity index (χ1) is 4.38. The molecule has 0 unspecified atom stereocenters. The number of H-pyrrole nitrogens is 1. The number of nitrogens with zero attached hydrogens (tertiary/aromatic N) is 4. The normalized spacial score (nSPS) is 7.78. The zero-order valence-corrected chi connectivity index (χ0v) is 4.37. The molecule has 0 aliphatic heterocycles. The second-order valence-electron chi connectivity index (χ2n) is 1.29. The van der Waals surface area contributed by atoms with Gasteiger partial charge in [0, 0.05) is 4.98 Å². The van der Waals surface area contributed by atoms with E-state index in [1.54, 1.807) is 0 Å². The van der Waals surface area contributed by atoms with Crippen LogP contribution in [0, 0.1) is 12.0 Å². The average molecular weight is 120 g/mol.